The van der Waals surface area contributed by atoms with Crippen LogP contribution in [0.3, 0.4) is 0 Å². The maximum absolute atomic E-state index is 11.5. The molecule has 0 unspecified atom stereocenters. The molecular formula is C15H20N4O2. The van der Waals surface area contributed by atoms with Gasteiger partial charge in [0.25, 0.3) is 0 Å². The summed E-state index contributed by atoms with van der Waals surface area (Å²) in [5.41, 5.74) is 0.567. The van der Waals surface area contributed by atoms with Gasteiger partial charge in [-0.05, 0) is 25.5 Å². The fraction of sp³-hybridized carbons (Fsp3) is 0.533. The predicted octanol–water partition coefficient (Wildman–Crippen LogP) is 1.03. The molecule has 0 radical (unpaired) electrons. The largest absolute Gasteiger partial charge is 0.465 e. The normalized spacial score (nSPS) is 16.1. The van der Waals surface area contributed by atoms with Crippen LogP contribution in [0, 0.1) is 11.3 Å². The van der Waals surface area contributed by atoms with Crippen LogP contribution in [-0.4, -0.2) is 55.2 Å². The molecule has 0 aromatic carbocycles. The van der Waals surface area contributed by atoms with Crippen molar-refractivity contribution in [3.05, 3.63) is 23.9 Å². The molecule has 112 valence electrons. The highest BCUT2D eigenvalue weighted by Crippen LogP contribution is 2.14. The first-order chi connectivity index (χ1) is 10.2. The first kappa shape index (κ1) is 15.3. The number of esters is 1. The highest BCUT2D eigenvalue weighted by atomic mass is 16.5. The van der Waals surface area contributed by atoms with Gasteiger partial charge in [0.1, 0.15) is 11.9 Å². The number of nitriles is 1. The molecule has 0 N–H and O–H groups in total. The Morgan fingerprint density at radius 3 is 2.90 bits per heavy atom. The molecule has 1 aromatic rings. The molecule has 0 amide bonds. The summed E-state index contributed by atoms with van der Waals surface area (Å²) in [6, 6.07) is 5.73. The lowest BCUT2D eigenvalue weighted by Gasteiger charge is -2.22. The second kappa shape index (κ2) is 7.60. The molecule has 1 saturated heterocycles. The van der Waals surface area contributed by atoms with Gasteiger partial charge in [0.2, 0.25) is 0 Å². The van der Waals surface area contributed by atoms with Crippen molar-refractivity contribution in [1.29, 1.82) is 5.26 Å². The summed E-state index contributed by atoms with van der Waals surface area (Å²) in [4.78, 5) is 20.1. The summed E-state index contributed by atoms with van der Waals surface area (Å²) in [7, 11) is 0. The fourth-order valence-electron chi connectivity index (χ4n) is 2.39. The van der Waals surface area contributed by atoms with Crippen LogP contribution in [0.15, 0.2) is 18.3 Å². The van der Waals surface area contributed by atoms with Crippen molar-refractivity contribution in [2.24, 2.45) is 0 Å². The van der Waals surface area contributed by atoms with Gasteiger partial charge in [-0.1, -0.05) is 0 Å². The monoisotopic (exact) mass is 288 g/mol. The Labute approximate surface area is 124 Å². The van der Waals surface area contributed by atoms with Crippen molar-refractivity contribution in [1.82, 2.24) is 9.88 Å². The molecular weight excluding hydrogens is 268 g/mol. The lowest BCUT2D eigenvalue weighted by Crippen LogP contribution is -2.35. The quantitative estimate of drug-likeness (QED) is 0.771. The fourth-order valence-corrected chi connectivity index (χ4v) is 2.39. The number of nitrogens with zero attached hydrogens (tertiary/aromatic N) is 4. The minimum absolute atomic E-state index is 0.164. The van der Waals surface area contributed by atoms with E-state index < -0.39 is 0 Å². The van der Waals surface area contributed by atoms with Gasteiger partial charge >= 0.3 is 5.97 Å². The standard InChI is InChI=1S/C15H20N4O2/c1-2-21-15(20)12-18-6-3-7-19(9-8-18)14-5-4-13(10-16)11-17-14/h4-5,11H,2-3,6-9,12H2,1H3. The van der Waals surface area contributed by atoms with Crippen molar-refractivity contribution in [3.63, 3.8) is 0 Å². The highest BCUT2D eigenvalue weighted by Gasteiger charge is 2.18. The van der Waals surface area contributed by atoms with Crippen molar-refractivity contribution in [2.75, 3.05) is 44.2 Å². The maximum atomic E-state index is 11.5. The Hall–Kier alpha value is -2.13. The number of rotatable bonds is 4. The number of carbonyl (C=O) groups is 1. The van der Waals surface area contributed by atoms with Crippen molar-refractivity contribution < 1.29 is 9.53 Å². The molecule has 0 bridgehead atoms. The number of hydrogen-bond acceptors (Lipinski definition) is 6. The van der Waals surface area contributed by atoms with Crippen LogP contribution in [-0.2, 0) is 9.53 Å². The highest BCUT2D eigenvalue weighted by molar-refractivity contribution is 5.71. The minimum Gasteiger partial charge on any atom is -0.465 e. The topological polar surface area (TPSA) is 69.5 Å². The third kappa shape index (κ3) is 4.43. The number of pyridine rings is 1. The van der Waals surface area contributed by atoms with Gasteiger partial charge in [0.05, 0.1) is 18.7 Å². The molecule has 21 heavy (non-hydrogen) atoms. The van der Waals surface area contributed by atoms with E-state index in [0.29, 0.717) is 18.7 Å². The lowest BCUT2D eigenvalue weighted by atomic mass is 10.3. The first-order valence-electron chi connectivity index (χ1n) is 7.22. The van der Waals surface area contributed by atoms with Gasteiger partial charge < -0.3 is 9.64 Å². The first-order valence-corrected chi connectivity index (χ1v) is 7.22. The van der Waals surface area contributed by atoms with Crippen molar-refractivity contribution >= 4 is 11.8 Å². The molecule has 0 spiro atoms. The minimum atomic E-state index is -0.164. The van der Waals surface area contributed by atoms with Gasteiger partial charge in [-0.2, -0.15) is 5.26 Å². The van der Waals surface area contributed by atoms with E-state index in [1.54, 1.807) is 12.3 Å². The van der Waals surface area contributed by atoms with E-state index in [2.05, 4.69) is 20.9 Å². The summed E-state index contributed by atoms with van der Waals surface area (Å²) in [5, 5.41) is 8.79. The van der Waals surface area contributed by atoms with Crippen LogP contribution in [0.25, 0.3) is 0 Å². The number of anilines is 1. The van der Waals surface area contributed by atoms with Gasteiger partial charge in [-0.15, -0.1) is 0 Å². The molecule has 2 heterocycles. The van der Waals surface area contributed by atoms with Gasteiger partial charge in [0, 0.05) is 32.4 Å². The molecule has 0 aliphatic carbocycles. The SMILES string of the molecule is CCOC(=O)CN1CCCN(c2ccc(C#N)cn2)CC1. The number of carbonyl (C=O) groups excluding carboxylic acids is 1. The summed E-state index contributed by atoms with van der Waals surface area (Å²) in [6.45, 7) is 6.00. The van der Waals surface area contributed by atoms with Crippen molar-refractivity contribution in [2.45, 2.75) is 13.3 Å². The van der Waals surface area contributed by atoms with E-state index in [9.17, 15) is 4.79 Å². The van der Waals surface area contributed by atoms with E-state index in [0.717, 1.165) is 38.4 Å². The number of ether oxygens (including phenoxy) is 1. The van der Waals surface area contributed by atoms with Gasteiger partial charge in [-0.25, -0.2) is 4.98 Å². The smallest absolute Gasteiger partial charge is 0.320 e. The average molecular weight is 288 g/mol. The Balaban J connectivity index is 1.91. The van der Waals surface area contributed by atoms with E-state index in [1.165, 1.54) is 0 Å². The molecule has 1 aromatic heterocycles. The number of aromatic nitrogens is 1. The zero-order valence-electron chi connectivity index (χ0n) is 12.3. The van der Waals surface area contributed by atoms with Crippen LogP contribution in [0.2, 0.25) is 0 Å². The summed E-state index contributed by atoms with van der Waals surface area (Å²) in [6.07, 6.45) is 2.57. The van der Waals surface area contributed by atoms with Crippen LogP contribution in [0.1, 0.15) is 18.9 Å². The Morgan fingerprint density at radius 2 is 2.24 bits per heavy atom. The summed E-state index contributed by atoms with van der Waals surface area (Å²) < 4.78 is 4.99. The van der Waals surface area contributed by atoms with Gasteiger partial charge in [-0.3, -0.25) is 9.69 Å². The van der Waals surface area contributed by atoms with Gasteiger partial charge in [0.15, 0.2) is 0 Å². The van der Waals surface area contributed by atoms with E-state index in [4.69, 9.17) is 10.00 Å². The zero-order chi connectivity index (χ0) is 15.1. The molecule has 2 rings (SSSR count). The second-order valence-corrected chi connectivity index (χ2v) is 4.94. The molecule has 1 aliphatic rings. The van der Waals surface area contributed by atoms with E-state index in [1.807, 2.05) is 13.0 Å². The van der Waals surface area contributed by atoms with E-state index in [-0.39, 0.29) is 5.97 Å². The third-order valence-corrected chi connectivity index (χ3v) is 3.45. The van der Waals surface area contributed by atoms with Crippen molar-refractivity contribution in [3.8, 4) is 6.07 Å². The van der Waals surface area contributed by atoms with Crippen LogP contribution in [0.4, 0.5) is 5.82 Å². The zero-order valence-corrected chi connectivity index (χ0v) is 12.3. The summed E-state index contributed by atoms with van der Waals surface area (Å²) in [5.74, 6) is 0.717. The number of hydrogen-bond donors (Lipinski definition) is 0. The second-order valence-electron chi connectivity index (χ2n) is 4.94. The average Bonchev–Trinajstić information content (AvgIpc) is 2.73. The molecule has 6 heteroatoms. The third-order valence-electron chi connectivity index (χ3n) is 3.45. The maximum Gasteiger partial charge on any atom is 0.320 e. The molecule has 1 aliphatic heterocycles. The van der Waals surface area contributed by atoms with Crippen LogP contribution >= 0.6 is 0 Å². The molecule has 1 fully saturated rings. The molecule has 0 saturated carbocycles. The summed E-state index contributed by atoms with van der Waals surface area (Å²) >= 11 is 0. The Morgan fingerprint density at radius 1 is 1.38 bits per heavy atom. The Bertz CT molecular complexity index is 509. The van der Waals surface area contributed by atoms with Crippen LogP contribution in [0.5, 0.6) is 0 Å². The van der Waals surface area contributed by atoms with E-state index >= 15 is 0 Å². The molecule has 0 atom stereocenters. The predicted molar refractivity (Wildman–Crippen MR) is 78.9 cm³/mol. The van der Waals surface area contributed by atoms with Crippen LogP contribution < -0.4 is 4.90 Å². The Kier molecular flexibility index (Phi) is 5.52. The lowest BCUT2D eigenvalue weighted by molar-refractivity contribution is -0.144. The molecule has 6 nitrogen and oxygen atoms in total.